The highest BCUT2D eigenvalue weighted by Gasteiger charge is 2.37. The summed E-state index contributed by atoms with van der Waals surface area (Å²) in [5, 5.41) is 31.6. The largest absolute Gasteiger partial charge is 0.459 e. The van der Waals surface area contributed by atoms with E-state index in [2.05, 4.69) is 31.7 Å². The second-order valence-corrected chi connectivity index (χ2v) is 11.9. The van der Waals surface area contributed by atoms with E-state index in [4.69, 9.17) is 9.47 Å². The minimum atomic E-state index is -1.62. The Balaban J connectivity index is 2.10. The number of cyclic esters (lactones) is 1. The molecule has 1 fully saturated rings. The first-order chi connectivity index (χ1) is 18.3. The Bertz CT molecular complexity index is 933. The fourth-order valence-corrected chi connectivity index (χ4v) is 5.19. The van der Waals surface area contributed by atoms with Gasteiger partial charge in [0.15, 0.2) is 5.78 Å². The number of esters is 1. The minimum Gasteiger partial charge on any atom is -0.459 e. The summed E-state index contributed by atoms with van der Waals surface area (Å²) in [4.78, 5) is 25.1. The van der Waals surface area contributed by atoms with E-state index < -0.39 is 42.1 Å². The molecule has 2 aliphatic heterocycles. The van der Waals surface area contributed by atoms with Gasteiger partial charge in [-0.05, 0) is 77.0 Å². The number of hydrogen-bond donors (Lipinski definition) is 3. The van der Waals surface area contributed by atoms with Crippen LogP contribution in [0.1, 0.15) is 86.5 Å². The normalized spacial score (nSPS) is 40.8. The zero-order valence-corrected chi connectivity index (χ0v) is 24.6. The van der Waals surface area contributed by atoms with Gasteiger partial charge in [-0.3, -0.25) is 4.79 Å². The maximum Gasteiger partial charge on any atom is 0.333 e. The molecule has 0 amide bonds. The molecule has 7 nitrogen and oxygen atoms in total. The smallest absolute Gasteiger partial charge is 0.333 e. The van der Waals surface area contributed by atoms with Crippen LogP contribution >= 0.6 is 0 Å². The summed E-state index contributed by atoms with van der Waals surface area (Å²) in [6.45, 7) is 15.5. The fourth-order valence-electron chi connectivity index (χ4n) is 5.19. The van der Waals surface area contributed by atoms with Gasteiger partial charge < -0.3 is 24.8 Å². The zero-order chi connectivity index (χ0) is 29.3. The quantitative estimate of drug-likeness (QED) is 0.223. The highest BCUT2D eigenvalue weighted by Crippen LogP contribution is 2.32. The molecule has 0 unspecified atom stereocenters. The van der Waals surface area contributed by atoms with Gasteiger partial charge in [0.2, 0.25) is 0 Å². The van der Waals surface area contributed by atoms with Gasteiger partial charge in [-0.25, -0.2) is 4.79 Å². The number of ketones is 1. The van der Waals surface area contributed by atoms with Gasteiger partial charge in [-0.15, -0.1) is 0 Å². The van der Waals surface area contributed by atoms with Gasteiger partial charge >= 0.3 is 5.97 Å². The van der Waals surface area contributed by atoms with Crippen molar-refractivity contribution in [3.63, 3.8) is 0 Å². The average molecular weight is 547 g/mol. The molecule has 0 aliphatic carbocycles. The lowest BCUT2D eigenvalue weighted by atomic mass is 9.88. The SMILES string of the molecule is C=C1/C=C(\C)[C@@H](C)C[C@H](O)CC(=O)[C@H](O)[C@@H](O)[C@H](C)C[C@H](C)OC(=O)/C(C)=C\CC/C=C\[C@@H]2O[C@H]2C[C@H](C)C1. The minimum absolute atomic E-state index is 0.0220. The summed E-state index contributed by atoms with van der Waals surface area (Å²) >= 11 is 0. The topological polar surface area (TPSA) is 117 Å². The molecular formula is C32H50O7. The first kappa shape index (κ1) is 33.1. The summed E-state index contributed by atoms with van der Waals surface area (Å²) in [5.41, 5.74) is 2.61. The van der Waals surface area contributed by atoms with Crippen LogP contribution in [0.4, 0.5) is 0 Å². The number of hydrogen-bond acceptors (Lipinski definition) is 7. The number of Topliss-reactive ketones (excluding diaryl/α,β-unsaturated/α-hetero) is 1. The number of carbonyl (C=O) groups excluding carboxylic acids is 2. The predicted molar refractivity (Wildman–Crippen MR) is 153 cm³/mol. The zero-order valence-electron chi connectivity index (χ0n) is 24.6. The van der Waals surface area contributed by atoms with Crippen LogP contribution in [0.15, 0.2) is 47.6 Å². The lowest BCUT2D eigenvalue weighted by Crippen LogP contribution is -2.40. The molecule has 7 heteroatoms. The first-order valence-electron chi connectivity index (χ1n) is 14.4. The van der Waals surface area contributed by atoms with Gasteiger partial charge in [0.05, 0.1) is 24.4 Å². The maximum absolute atomic E-state index is 12.6. The Morgan fingerprint density at radius 3 is 2.33 bits per heavy atom. The predicted octanol–water partition coefficient (Wildman–Crippen LogP) is 4.99. The van der Waals surface area contributed by atoms with Crippen LogP contribution in [0.25, 0.3) is 0 Å². The number of aliphatic hydroxyl groups excluding tert-OH is 3. The molecule has 0 aromatic rings. The third-order valence-corrected chi connectivity index (χ3v) is 7.82. The lowest BCUT2D eigenvalue weighted by Gasteiger charge is -2.26. The van der Waals surface area contributed by atoms with E-state index in [1.807, 2.05) is 19.9 Å². The van der Waals surface area contributed by atoms with Crippen LogP contribution in [0.3, 0.4) is 0 Å². The highest BCUT2D eigenvalue weighted by atomic mass is 16.6. The Morgan fingerprint density at radius 2 is 1.64 bits per heavy atom. The van der Waals surface area contributed by atoms with Crippen molar-refractivity contribution in [1.82, 2.24) is 0 Å². The van der Waals surface area contributed by atoms with Gasteiger partial charge in [-0.2, -0.15) is 0 Å². The molecule has 9 atom stereocenters. The van der Waals surface area contributed by atoms with Crippen molar-refractivity contribution in [2.24, 2.45) is 17.8 Å². The van der Waals surface area contributed by atoms with Crippen LogP contribution in [0, 0.1) is 17.8 Å². The molecule has 0 bridgehead atoms. The van der Waals surface area contributed by atoms with Crippen molar-refractivity contribution in [2.75, 3.05) is 0 Å². The van der Waals surface area contributed by atoms with Crippen LogP contribution < -0.4 is 0 Å². The molecule has 0 aromatic carbocycles. The number of ether oxygens (including phenoxy) is 2. The van der Waals surface area contributed by atoms with Gasteiger partial charge in [0, 0.05) is 12.0 Å². The van der Waals surface area contributed by atoms with Crippen LogP contribution in [0.5, 0.6) is 0 Å². The number of epoxide rings is 1. The van der Waals surface area contributed by atoms with E-state index in [9.17, 15) is 24.9 Å². The first-order valence-corrected chi connectivity index (χ1v) is 14.4. The fraction of sp³-hybridized carbons (Fsp3) is 0.688. The van der Waals surface area contributed by atoms with Crippen molar-refractivity contribution >= 4 is 11.8 Å². The summed E-state index contributed by atoms with van der Waals surface area (Å²) in [7, 11) is 0. The van der Waals surface area contributed by atoms with Crippen molar-refractivity contribution in [3.8, 4) is 0 Å². The molecule has 0 saturated carbocycles. The molecule has 1 saturated heterocycles. The molecular weight excluding hydrogens is 496 g/mol. The molecule has 0 radical (unpaired) electrons. The molecule has 0 spiro atoms. The molecule has 39 heavy (non-hydrogen) atoms. The Morgan fingerprint density at radius 1 is 0.949 bits per heavy atom. The summed E-state index contributed by atoms with van der Waals surface area (Å²) in [6.07, 6.45) is 7.79. The monoisotopic (exact) mass is 546 g/mol. The third-order valence-electron chi connectivity index (χ3n) is 7.82. The van der Waals surface area contributed by atoms with E-state index in [0.717, 1.165) is 30.4 Å². The van der Waals surface area contributed by atoms with Crippen molar-refractivity contribution in [3.05, 3.63) is 47.6 Å². The molecule has 220 valence electrons. The van der Waals surface area contributed by atoms with Crippen molar-refractivity contribution < 1.29 is 34.4 Å². The Hall–Kier alpha value is -2.06. The average Bonchev–Trinajstić information content (AvgIpc) is 3.58. The third kappa shape index (κ3) is 11.5. The molecule has 2 rings (SSSR count). The van der Waals surface area contributed by atoms with Gasteiger partial charge in [0.25, 0.3) is 0 Å². The number of fused-ring (bicyclic) bond motifs is 1. The van der Waals surface area contributed by atoms with E-state index in [-0.39, 0.29) is 31.0 Å². The number of rotatable bonds is 0. The molecule has 0 aromatic heterocycles. The number of carbonyl (C=O) groups is 2. The van der Waals surface area contributed by atoms with E-state index in [1.54, 1.807) is 20.8 Å². The van der Waals surface area contributed by atoms with Crippen molar-refractivity contribution in [1.29, 1.82) is 0 Å². The summed E-state index contributed by atoms with van der Waals surface area (Å²) in [6, 6.07) is 0. The van der Waals surface area contributed by atoms with Gasteiger partial charge in [-0.1, -0.05) is 62.8 Å². The van der Waals surface area contributed by atoms with E-state index in [0.29, 0.717) is 24.3 Å². The molecule has 3 N–H and O–H groups in total. The lowest BCUT2D eigenvalue weighted by molar-refractivity contribution is -0.146. The standard InChI is InChI=1S/C32H50O7/c1-19-13-20(2)15-29-28(39-29)12-10-8-9-11-21(3)32(37)38-25(7)16-24(6)30(35)31(36)27(34)18-26(33)17-23(5)22(4)14-19/h10-12,14,20,23-26,28-31,33,35-36H,1,8-9,13,15-18H2,2-7H3/b12-10-,21-11-,22-14+/t20-,23+,24-,25+,26+,28+,29+,30+,31+/m1/s1. The maximum atomic E-state index is 12.6. The Labute approximate surface area is 234 Å². The molecule has 2 aliphatic rings. The van der Waals surface area contributed by atoms with E-state index >= 15 is 0 Å². The number of aliphatic hydroxyl groups is 3. The van der Waals surface area contributed by atoms with Crippen LogP contribution in [-0.2, 0) is 19.1 Å². The van der Waals surface area contributed by atoms with Crippen LogP contribution in [0.2, 0.25) is 0 Å². The van der Waals surface area contributed by atoms with Gasteiger partial charge in [0.1, 0.15) is 12.2 Å². The van der Waals surface area contributed by atoms with E-state index in [1.165, 1.54) is 0 Å². The second-order valence-electron chi connectivity index (χ2n) is 11.9. The van der Waals surface area contributed by atoms with Crippen molar-refractivity contribution in [2.45, 2.75) is 123 Å². The molecule has 2 heterocycles. The summed E-state index contributed by atoms with van der Waals surface area (Å²) in [5.74, 6) is -1.09. The second kappa shape index (κ2) is 15.7. The summed E-state index contributed by atoms with van der Waals surface area (Å²) < 4.78 is 11.3. The number of allylic oxidation sites excluding steroid dienone is 5. The van der Waals surface area contributed by atoms with Crippen LogP contribution in [-0.4, -0.2) is 63.7 Å². The Kier molecular flexibility index (Phi) is 13.3. The highest BCUT2D eigenvalue weighted by molar-refractivity contribution is 5.87.